The van der Waals surface area contributed by atoms with E-state index in [4.69, 9.17) is 0 Å². The first-order valence-electron chi connectivity index (χ1n) is 11.9. The number of carbonyl (C=O) groups is 3. The lowest BCUT2D eigenvalue weighted by molar-refractivity contribution is -0.135. The number of hydrogen-bond acceptors (Lipinski definition) is 6. The Morgan fingerprint density at radius 3 is 2.69 bits per heavy atom. The molecule has 1 aliphatic rings. The molecule has 1 saturated heterocycles. The van der Waals surface area contributed by atoms with Crippen LogP contribution in [0, 0.1) is 13.8 Å². The number of nitrogens with zero attached hydrogens (tertiary/aromatic N) is 3. The summed E-state index contributed by atoms with van der Waals surface area (Å²) in [6.45, 7) is 5.63. The molecule has 1 unspecified atom stereocenters. The second-order valence-corrected chi connectivity index (χ2v) is 9.08. The smallest absolute Gasteiger partial charge is 0.262 e. The minimum atomic E-state index is -0.813. The number of hydrogen-bond donors (Lipinski definition) is 3. The summed E-state index contributed by atoms with van der Waals surface area (Å²) in [7, 11) is 0. The standard InChI is InChI=1S/C26H26N6O4/c1-4-6-20-28-18-12-15(11-13(2)22(18)30-20)24(34)29-17-8-5-7-16-23(17)27-14(3)32(26(16)36)19-9-10-21(33)31-25(19)35/h5,7-8,11-12,19H,4,6,9-10H2,1-3H3,(H,28,30)(H,29,34)(H,31,33,35). The molecule has 3 N–H and O–H groups in total. The second kappa shape index (κ2) is 9.03. The molecule has 3 heterocycles. The summed E-state index contributed by atoms with van der Waals surface area (Å²) in [6, 6.07) is 7.69. The molecule has 3 amide bonds. The number of imide groups is 1. The largest absolute Gasteiger partial charge is 0.342 e. The number of benzene rings is 2. The van der Waals surface area contributed by atoms with Gasteiger partial charge in [0, 0.05) is 18.4 Å². The molecule has 10 nitrogen and oxygen atoms in total. The highest BCUT2D eigenvalue weighted by Crippen LogP contribution is 2.25. The number of para-hydroxylation sites is 1. The van der Waals surface area contributed by atoms with Crippen molar-refractivity contribution in [2.45, 2.75) is 52.5 Å². The Morgan fingerprint density at radius 2 is 1.94 bits per heavy atom. The monoisotopic (exact) mass is 486 g/mol. The first-order valence-corrected chi connectivity index (χ1v) is 11.9. The summed E-state index contributed by atoms with van der Waals surface area (Å²) < 4.78 is 1.32. The minimum absolute atomic E-state index is 0.149. The van der Waals surface area contributed by atoms with E-state index in [-0.39, 0.29) is 30.0 Å². The number of aromatic nitrogens is 4. The molecule has 0 aliphatic carbocycles. The van der Waals surface area contributed by atoms with Gasteiger partial charge in [-0.3, -0.25) is 29.1 Å². The highest BCUT2D eigenvalue weighted by atomic mass is 16.2. The van der Waals surface area contributed by atoms with Crippen LogP contribution in [0.15, 0.2) is 35.1 Å². The summed E-state index contributed by atoms with van der Waals surface area (Å²) in [5.74, 6) is -0.0106. The number of piperidine rings is 1. The Balaban J connectivity index is 1.51. The van der Waals surface area contributed by atoms with Gasteiger partial charge in [0.25, 0.3) is 11.5 Å². The molecular formula is C26H26N6O4. The molecule has 5 rings (SSSR count). The Hall–Kier alpha value is -4.34. The first-order chi connectivity index (χ1) is 17.3. The fraction of sp³-hybridized carbons (Fsp3) is 0.308. The van der Waals surface area contributed by atoms with Crippen molar-refractivity contribution in [3.8, 4) is 0 Å². The lowest BCUT2D eigenvalue weighted by atomic mass is 10.1. The van der Waals surface area contributed by atoms with Crippen molar-refractivity contribution in [2.75, 3.05) is 5.32 Å². The van der Waals surface area contributed by atoms with Gasteiger partial charge in [0.2, 0.25) is 11.8 Å². The van der Waals surface area contributed by atoms with Crippen LogP contribution in [-0.2, 0) is 16.0 Å². The second-order valence-electron chi connectivity index (χ2n) is 9.08. The van der Waals surface area contributed by atoms with Crippen LogP contribution < -0.4 is 16.2 Å². The number of carbonyl (C=O) groups excluding carboxylic acids is 3. The predicted octanol–water partition coefficient (Wildman–Crippen LogP) is 3.07. The van der Waals surface area contributed by atoms with E-state index in [1.807, 2.05) is 6.92 Å². The Bertz CT molecular complexity index is 1620. The van der Waals surface area contributed by atoms with Crippen LogP contribution in [0.4, 0.5) is 5.69 Å². The highest BCUT2D eigenvalue weighted by molar-refractivity contribution is 6.09. The van der Waals surface area contributed by atoms with E-state index >= 15 is 0 Å². The number of amides is 3. The highest BCUT2D eigenvalue weighted by Gasteiger charge is 2.30. The van der Waals surface area contributed by atoms with Crippen molar-refractivity contribution < 1.29 is 14.4 Å². The number of rotatable bonds is 5. The number of H-pyrrole nitrogens is 1. The van der Waals surface area contributed by atoms with Gasteiger partial charge in [-0.15, -0.1) is 0 Å². The molecule has 0 bridgehead atoms. The predicted molar refractivity (Wildman–Crippen MR) is 135 cm³/mol. The molecule has 0 saturated carbocycles. The van der Waals surface area contributed by atoms with Crippen LogP contribution in [0.5, 0.6) is 0 Å². The first kappa shape index (κ1) is 23.4. The van der Waals surface area contributed by atoms with Gasteiger partial charge in [-0.2, -0.15) is 0 Å². The zero-order valence-electron chi connectivity index (χ0n) is 20.3. The number of aromatic amines is 1. The van der Waals surface area contributed by atoms with Gasteiger partial charge >= 0.3 is 0 Å². The fourth-order valence-corrected chi connectivity index (χ4v) is 4.75. The third kappa shape index (κ3) is 4.04. The van der Waals surface area contributed by atoms with Crippen LogP contribution >= 0.6 is 0 Å². The molecule has 2 aromatic carbocycles. The maximum Gasteiger partial charge on any atom is 0.262 e. The Morgan fingerprint density at radius 1 is 1.14 bits per heavy atom. The zero-order chi connectivity index (χ0) is 25.6. The summed E-state index contributed by atoms with van der Waals surface area (Å²) >= 11 is 0. The van der Waals surface area contributed by atoms with E-state index in [2.05, 4.69) is 32.5 Å². The quantitative estimate of drug-likeness (QED) is 0.371. The van der Waals surface area contributed by atoms with Gasteiger partial charge in [-0.1, -0.05) is 13.0 Å². The average Bonchev–Trinajstić information content (AvgIpc) is 3.24. The number of aryl methyl sites for hydroxylation is 3. The lowest BCUT2D eigenvalue weighted by Gasteiger charge is -2.24. The summed E-state index contributed by atoms with van der Waals surface area (Å²) in [5.41, 5.74) is 3.30. The van der Waals surface area contributed by atoms with Gasteiger partial charge in [-0.05, 0) is 56.5 Å². The number of anilines is 1. The van der Waals surface area contributed by atoms with E-state index in [0.717, 1.165) is 35.3 Å². The number of nitrogens with one attached hydrogen (secondary N) is 3. The fourth-order valence-electron chi connectivity index (χ4n) is 4.75. The van der Waals surface area contributed by atoms with Gasteiger partial charge in [0.05, 0.1) is 22.1 Å². The van der Waals surface area contributed by atoms with Crippen molar-refractivity contribution in [3.63, 3.8) is 0 Å². The van der Waals surface area contributed by atoms with E-state index in [9.17, 15) is 19.2 Å². The van der Waals surface area contributed by atoms with Crippen molar-refractivity contribution in [3.05, 3.63) is 63.5 Å². The Kier molecular flexibility index (Phi) is 5.87. The SMILES string of the molecule is CCCc1nc2c(C)cc(C(=O)Nc3cccc4c(=O)n(C5CCC(=O)NC5=O)c(C)nc34)cc2[nH]1. The molecule has 1 atom stereocenters. The molecule has 1 fully saturated rings. The van der Waals surface area contributed by atoms with E-state index < -0.39 is 17.5 Å². The molecule has 0 radical (unpaired) electrons. The van der Waals surface area contributed by atoms with Gasteiger partial charge < -0.3 is 10.3 Å². The molecule has 0 spiro atoms. The third-order valence-corrected chi connectivity index (χ3v) is 6.45. The Labute approximate surface area is 206 Å². The molecule has 36 heavy (non-hydrogen) atoms. The van der Waals surface area contributed by atoms with E-state index in [0.29, 0.717) is 22.6 Å². The lowest BCUT2D eigenvalue weighted by Crippen LogP contribution is -2.45. The van der Waals surface area contributed by atoms with Crippen molar-refractivity contribution in [1.29, 1.82) is 0 Å². The van der Waals surface area contributed by atoms with Gasteiger partial charge in [0.15, 0.2) is 0 Å². The average molecular weight is 487 g/mol. The number of fused-ring (bicyclic) bond motifs is 2. The maximum absolute atomic E-state index is 13.4. The number of imidazole rings is 1. The van der Waals surface area contributed by atoms with E-state index in [1.54, 1.807) is 37.3 Å². The van der Waals surface area contributed by atoms with Crippen LogP contribution in [0.3, 0.4) is 0 Å². The van der Waals surface area contributed by atoms with Gasteiger partial charge in [0.1, 0.15) is 23.2 Å². The van der Waals surface area contributed by atoms with Crippen molar-refractivity contribution >= 4 is 45.3 Å². The molecular weight excluding hydrogens is 460 g/mol. The molecule has 2 aromatic heterocycles. The van der Waals surface area contributed by atoms with E-state index in [1.165, 1.54) is 4.57 Å². The van der Waals surface area contributed by atoms with Crippen LogP contribution in [0.25, 0.3) is 21.9 Å². The van der Waals surface area contributed by atoms with Crippen LogP contribution in [-0.4, -0.2) is 37.2 Å². The molecule has 184 valence electrons. The summed E-state index contributed by atoms with van der Waals surface area (Å²) in [6.07, 6.45) is 2.17. The molecule has 4 aromatic rings. The minimum Gasteiger partial charge on any atom is -0.342 e. The molecule has 1 aliphatic heterocycles. The van der Waals surface area contributed by atoms with Gasteiger partial charge in [-0.25, -0.2) is 9.97 Å². The van der Waals surface area contributed by atoms with Crippen molar-refractivity contribution in [2.24, 2.45) is 0 Å². The summed E-state index contributed by atoms with van der Waals surface area (Å²) in [5, 5.41) is 5.44. The van der Waals surface area contributed by atoms with Crippen LogP contribution in [0.1, 0.15) is 59.8 Å². The topological polar surface area (TPSA) is 139 Å². The van der Waals surface area contributed by atoms with Crippen molar-refractivity contribution in [1.82, 2.24) is 24.8 Å². The molecule has 10 heteroatoms. The zero-order valence-corrected chi connectivity index (χ0v) is 20.3. The normalized spacial score (nSPS) is 15.9. The van der Waals surface area contributed by atoms with Crippen LogP contribution in [0.2, 0.25) is 0 Å². The maximum atomic E-state index is 13.4. The summed E-state index contributed by atoms with van der Waals surface area (Å²) in [4.78, 5) is 63.0. The third-order valence-electron chi connectivity index (χ3n) is 6.45.